The van der Waals surface area contributed by atoms with Crippen molar-refractivity contribution in [2.75, 3.05) is 6.61 Å². The highest BCUT2D eigenvalue weighted by molar-refractivity contribution is 6.04. The summed E-state index contributed by atoms with van der Waals surface area (Å²) >= 11 is 0. The van der Waals surface area contributed by atoms with Crippen molar-refractivity contribution in [1.82, 2.24) is 0 Å². The van der Waals surface area contributed by atoms with E-state index in [2.05, 4.69) is 0 Å². The number of non-ortho nitro benzene ring substituents is 1. The first kappa shape index (κ1) is 16.2. The number of nitro benzene ring substituents is 2. The Morgan fingerprint density at radius 1 is 1.24 bits per heavy atom. The highest BCUT2D eigenvalue weighted by Crippen LogP contribution is 2.31. The first-order chi connectivity index (χ1) is 9.79. The molecule has 0 aromatic heterocycles. The Balaban J connectivity index is 3.44. The number of benzene rings is 1. The number of hydrogen-bond acceptors (Lipinski definition) is 7. The van der Waals surface area contributed by atoms with Crippen LogP contribution in [0.4, 0.5) is 11.4 Å². The number of ether oxygens (including phenoxy) is 1. The Labute approximate surface area is 118 Å². The summed E-state index contributed by atoms with van der Waals surface area (Å²) in [5.41, 5.74) is -1.40. The fourth-order valence-corrected chi connectivity index (χ4v) is 1.79. The second-order valence-electron chi connectivity index (χ2n) is 4.05. The van der Waals surface area contributed by atoms with Gasteiger partial charge in [0.05, 0.1) is 28.1 Å². The number of hydrogen-bond donors (Lipinski definition) is 0. The highest BCUT2D eigenvalue weighted by Gasteiger charge is 2.34. The van der Waals surface area contributed by atoms with Crippen LogP contribution in [-0.4, -0.2) is 28.2 Å². The average molecular weight is 296 g/mol. The Bertz CT molecular complexity index is 612. The van der Waals surface area contributed by atoms with Crippen LogP contribution in [0.25, 0.3) is 0 Å². The third-order valence-electron chi connectivity index (χ3n) is 2.66. The average Bonchev–Trinajstić information content (AvgIpc) is 2.38. The molecule has 0 saturated carbocycles. The molecule has 21 heavy (non-hydrogen) atoms. The summed E-state index contributed by atoms with van der Waals surface area (Å²) in [6, 6.07) is 2.74. The molecule has 112 valence electrons. The second kappa shape index (κ2) is 6.55. The van der Waals surface area contributed by atoms with Gasteiger partial charge in [-0.05, 0) is 19.9 Å². The Morgan fingerprint density at radius 2 is 1.86 bits per heavy atom. The molecule has 0 amide bonds. The molecule has 0 spiro atoms. The van der Waals surface area contributed by atoms with Crippen LogP contribution in [-0.2, 0) is 14.3 Å². The Kier molecular flexibility index (Phi) is 5.06. The van der Waals surface area contributed by atoms with Crippen molar-refractivity contribution in [2.45, 2.75) is 19.8 Å². The van der Waals surface area contributed by atoms with Gasteiger partial charge in [-0.3, -0.25) is 29.8 Å². The number of carbonyl (C=O) groups is 2. The summed E-state index contributed by atoms with van der Waals surface area (Å²) in [7, 11) is 0. The molecule has 1 aromatic rings. The van der Waals surface area contributed by atoms with Crippen molar-refractivity contribution in [1.29, 1.82) is 0 Å². The van der Waals surface area contributed by atoms with Crippen molar-refractivity contribution in [2.24, 2.45) is 0 Å². The van der Waals surface area contributed by atoms with Gasteiger partial charge in [0.25, 0.3) is 11.4 Å². The van der Waals surface area contributed by atoms with Crippen LogP contribution in [0.15, 0.2) is 18.2 Å². The zero-order chi connectivity index (χ0) is 16.2. The van der Waals surface area contributed by atoms with Crippen molar-refractivity contribution in [3.05, 3.63) is 44.0 Å². The molecular weight excluding hydrogens is 284 g/mol. The Morgan fingerprint density at radius 3 is 2.29 bits per heavy atom. The lowest BCUT2D eigenvalue weighted by molar-refractivity contribution is -0.394. The molecule has 9 nitrogen and oxygen atoms in total. The lowest BCUT2D eigenvalue weighted by Gasteiger charge is -2.12. The van der Waals surface area contributed by atoms with Crippen LogP contribution in [0.2, 0.25) is 0 Å². The predicted molar refractivity (Wildman–Crippen MR) is 69.8 cm³/mol. The van der Waals surface area contributed by atoms with E-state index in [4.69, 9.17) is 4.74 Å². The van der Waals surface area contributed by atoms with Gasteiger partial charge in [0.1, 0.15) is 11.7 Å². The standard InChI is InChI=1S/C12H12N2O7/c1-3-21-12(16)11(7(2)15)9-5-4-8(13(17)18)6-10(9)14(19)20/h4-6,11H,3H2,1-2H3. The molecule has 0 aliphatic rings. The Hall–Kier alpha value is -2.84. The molecule has 0 N–H and O–H groups in total. The van der Waals surface area contributed by atoms with Gasteiger partial charge >= 0.3 is 5.97 Å². The fourth-order valence-electron chi connectivity index (χ4n) is 1.79. The predicted octanol–water partition coefficient (Wildman–Crippen LogP) is 1.74. The first-order valence-electron chi connectivity index (χ1n) is 5.89. The van der Waals surface area contributed by atoms with E-state index in [1.807, 2.05) is 0 Å². The molecular formula is C12H12N2O7. The molecule has 1 atom stereocenters. The van der Waals surface area contributed by atoms with Gasteiger partial charge in [-0.25, -0.2) is 0 Å². The molecule has 1 unspecified atom stereocenters. The lowest BCUT2D eigenvalue weighted by atomic mass is 9.93. The van der Waals surface area contributed by atoms with Gasteiger partial charge in [0.2, 0.25) is 0 Å². The minimum Gasteiger partial charge on any atom is -0.465 e. The van der Waals surface area contributed by atoms with Crippen LogP contribution in [0.5, 0.6) is 0 Å². The number of esters is 1. The van der Waals surface area contributed by atoms with E-state index in [0.29, 0.717) is 6.07 Å². The lowest BCUT2D eigenvalue weighted by Crippen LogP contribution is -2.23. The van der Waals surface area contributed by atoms with Crippen LogP contribution >= 0.6 is 0 Å². The van der Waals surface area contributed by atoms with Gasteiger partial charge in [-0.1, -0.05) is 0 Å². The fraction of sp³-hybridized carbons (Fsp3) is 0.333. The summed E-state index contributed by atoms with van der Waals surface area (Å²) in [6.07, 6.45) is 0. The molecule has 0 heterocycles. The van der Waals surface area contributed by atoms with Crippen LogP contribution in [0.1, 0.15) is 25.3 Å². The molecule has 0 saturated heterocycles. The number of carbonyl (C=O) groups excluding carboxylic acids is 2. The molecule has 9 heteroatoms. The van der Waals surface area contributed by atoms with Gasteiger partial charge in [-0.15, -0.1) is 0 Å². The van der Waals surface area contributed by atoms with E-state index in [1.54, 1.807) is 0 Å². The second-order valence-corrected chi connectivity index (χ2v) is 4.05. The number of Topliss-reactive ketones (excluding diaryl/α,β-unsaturated/α-hetero) is 1. The normalized spacial score (nSPS) is 11.5. The van der Waals surface area contributed by atoms with E-state index in [1.165, 1.54) is 6.92 Å². The SMILES string of the molecule is CCOC(=O)C(C(C)=O)c1ccc([N+](=O)[O-])cc1[N+](=O)[O-]. The maximum absolute atomic E-state index is 11.8. The largest absolute Gasteiger partial charge is 0.465 e. The molecule has 0 aliphatic heterocycles. The summed E-state index contributed by atoms with van der Waals surface area (Å²) < 4.78 is 4.72. The van der Waals surface area contributed by atoms with E-state index >= 15 is 0 Å². The highest BCUT2D eigenvalue weighted by atomic mass is 16.6. The van der Waals surface area contributed by atoms with E-state index in [9.17, 15) is 29.8 Å². The summed E-state index contributed by atoms with van der Waals surface area (Å²) in [5.74, 6) is -3.06. The third-order valence-corrected chi connectivity index (χ3v) is 2.66. The first-order valence-corrected chi connectivity index (χ1v) is 5.89. The minimum absolute atomic E-state index is 0.00337. The van der Waals surface area contributed by atoms with Crippen molar-refractivity contribution < 1.29 is 24.2 Å². The summed E-state index contributed by atoms with van der Waals surface area (Å²) in [6.45, 7) is 2.62. The summed E-state index contributed by atoms with van der Waals surface area (Å²) in [5, 5.41) is 21.7. The number of nitro groups is 2. The molecule has 1 aromatic carbocycles. The summed E-state index contributed by atoms with van der Waals surface area (Å²) in [4.78, 5) is 43.4. The zero-order valence-electron chi connectivity index (χ0n) is 11.3. The third kappa shape index (κ3) is 3.59. The van der Waals surface area contributed by atoms with Gasteiger partial charge in [0.15, 0.2) is 0 Å². The van der Waals surface area contributed by atoms with Crippen molar-refractivity contribution >= 4 is 23.1 Å². The topological polar surface area (TPSA) is 130 Å². The number of nitrogens with zero attached hydrogens (tertiary/aromatic N) is 2. The maximum atomic E-state index is 11.8. The quantitative estimate of drug-likeness (QED) is 0.338. The molecule has 0 radical (unpaired) electrons. The van der Waals surface area contributed by atoms with Gasteiger partial charge < -0.3 is 4.74 Å². The van der Waals surface area contributed by atoms with Gasteiger partial charge in [0, 0.05) is 6.07 Å². The number of ketones is 1. The minimum atomic E-state index is -1.48. The van der Waals surface area contributed by atoms with E-state index in [-0.39, 0.29) is 12.2 Å². The molecule has 0 aliphatic carbocycles. The smallest absolute Gasteiger partial charge is 0.321 e. The van der Waals surface area contributed by atoms with E-state index < -0.39 is 38.9 Å². The monoisotopic (exact) mass is 296 g/mol. The molecule has 0 bridgehead atoms. The zero-order valence-corrected chi connectivity index (χ0v) is 11.3. The van der Waals surface area contributed by atoms with Crippen LogP contribution < -0.4 is 0 Å². The van der Waals surface area contributed by atoms with Crippen molar-refractivity contribution in [3.8, 4) is 0 Å². The van der Waals surface area contributed by atoms with Crippen molar-refractivity contribution in [3.63, 3.8) is 0 Å². The van der Waals surface area contributed by atoms with Crippen LogP contribution in [0.3, 0.4) is 0 Å². The van der Waals surface area contributed by atoms with E-state index in [0.717, 1.165) is 19.1 Å². The number of rotatable bonds is 6. The maximum Gasteiger partial charge on any atom is 0.321 e. The molecule has 1 rings (SSSR count). The molecule has 0 fully saturated rings. The van der Waals surface area contributed by atoms with Gasteiger partial charge in [-0.2, -0.15) is 0 Å². The van der Waals surface area contributed by atoms with Crippen LogP contribution in [0, 0.1) is 20.2 Å².